The van der Waals surface area contributed by atoms with Crippen molar-refractivity contribution in [1.29, 1.82) is 0 Å². The molecule has 0 aliphatic heterocycles. The zero-order chi connectivity index (χ0) is 10.9. The van der Waals surface area contributed by atoms with Crippen molar-refractivity contribution in [3.8, 4) is 0 Å². The summed E-state index contributed by atoms with van der Waals surface area (Å²) in [7, 11) is 0. The number of hydrogen-bond acceptors (Lipinski definition) is 0. The van der Waals surface area contributed by atoms with Crippen LogP contribution in [0.5, 0.6) is 0 Å². The van der Waals surface area contributed by atoms with Crippen molar-refractivity contribution in [3.05, 3.63) is 45.5 Å². The summed E-state index contributed by atoms with van der Waals surface area (Å²) in [5, 5.41) is 0. The average Bonchev–Trinajstić information content (AvgIpc) is 2.19. The monoisotopic (exact) mass is 187 g/mol. The highest BCUT2D eigenvalue weighted by Crippen LogP contribution is 2.25. The van der Waals surface area contributed by atoms with E-state index in [1.54, 1.807) is 0 Å². The predicted octanol–water partition coefficient (Wildman–Crippen LogP) is 3.96. The third kappa shape index (κ3) is 1.61. The zero-order valence-corrected chi connectivity index (χ0v) is 10.1. The van der Waals surface area contributed by atoms with Crippen LogP contribution in [0.25, 0.3) is 0 Å². The molecule has 75 valence electrons. The van der Waals surface area contributed by atoms with Gasteiger partial charge in [0.2, 0.25) is 0 Å². The van der Waals surface area contributed by atoms with Crippen LogP contribution in [-0.2, 0) is 0 Å². The minimum Gasteiger partial charge on any atom is -0.0791 e. The van der Waals surface area contributed by atoms with Crippen LogP contribution in [0.2, 0.25) is 0 Å². The van der Waals surface area contributed by atoms with Gasteiger partial charge in [-0.2, -0.15) is 0 Å². The summed E-state index contributed by atoms with van der Waals surface area (Å²) in [6.45, 7) is 13.0. The number of rotatable bonds is 1. The van der Waals surface area contributed by atoms with Gasteiger partial charge in [-0.25, -0.2) is 0 Å². The molecule has 0 atom stereocenters. The molecule has 1 rings (SSSR count). The highest BCUT2D eigenvalue weighted by molar-refractivity contribution is 5.51. The summed E-state index contributed by atoms with van der Waals surface area (Å²) in [6.07, 6.45) is 5.32. The fourth-order valence-corrected chi connectivity index (χ4v) is 1.86. The smallest absolute Gasteiger partial charge is 0.0117 e. The molecule has 0 saturated carbocycles. The van der Waals surface area contributed by atoms with E-state index >= 15 is 0 Å². The molecular weight excluding hydrogens is 168 g/mol. The van der Waals surface area contributed by atoms with Gasteiger partial charge in [0.15, 0.2) is 0 Å². The molecule has 0 heterocycles. The van der Waals surface area contributed by atoms with Crippen molar-refractivity contribution in [3.63, 3.8) is 0 Å². The molecule has 0 aliphatic carbocycles. The van der Waals surface area contributed by atoms with E-state index in [1.807, 2.05) is 13.0 Å². The molecule has 0 aromatic heterocycles. The Labute approximate surface area is 87.7 Å². The van der Waals surface area contributed by atoms with E-state index in [0.29, 0.717) is 0 Å². The maximum absolute atomic E-state index is 3.33. The lowest BCUT2D eigenvalue weighted by Gasteiger charge is -2.15. The van der Waals surface area contributed by atoms with Gasteiger partial charge < -0.3 is 0 Å². The summed E-state index contributed by atoms with van der Waals surface area (Å²) in [5.74, 6) is 0. The number of allylic oxidation sites excluding steroid dienone is 1. The van der Waals surface area contributed by atoms with Crippen LogP contribution in [0, 0.1) is 40.7 Å². The van der Waals surface area contributed by atoms with Crippen LogP contribution in [0.1, 0.15) is 40.3 Å². The van der Waals surface area contributed by atoms with E-state index in [-0.39, 0.29) is 0 Å². The minimum atomic E-state index is 1.27. The highest BCUT2D eigenvalue weighted by Gasteiger charge is 2.09. The Kier molecular flexibility index (Phi) is 3.15. The first-order valence-electron chi connectivity index (χ1n) is 5.12. The first-order valence-corrected chi connectivity index (χ1v) is 5.12. The molecular formula is C14H19. The van der Waals surface area contributed by atoms with E-state index in [2.05, 4.69) is 40.7 Å². The van der Waals surface area contributed by atoms with Gasteiger partial charge in [-0.1, -0.05) is 6.08 Å². The minimum absolute atomic E-state index is 1.27. The van der Waals surface area contributed by atoms with E-state index in [0.717, 1.165) is 0 Å². The second-order valence-corrected chi connectivity index (χ2v) is 3.93. The van der Waals surface area contributed by atoms with E-state index < -0.39 is 0 Å². The van der Waals surface area contributed by atoms with E-state index in [1.165, 1.54) is 33.4 Å². The van der Waals surface area contributed by atoms with Crippen LogP contribution >= 0.6 is 0 Å². The lowest BCUT2D eigenvalue weighted by atomic mass is 9.89. The Balaban J connectivity index is 3.59. The third-order valence-corrected chi connectivity index (χ3v) is 3.29. The van der Waals surface area contributed by atoms with Gasteiger partial charge >= 0.3 is 0 Å². The summed E-state index contributed by atoms with van der Waals surface area (Å²) in [6, 6.07) is 0. The van der Waals surface area contributed by atoms with Crippen LogP contribution in [0.4, 0.5) is 0 Å². The Morgan fingerprint density at radius 2 is 1.07 bits per heavy atom. The van der Waals surface area contributed by atoms with Crippen LogP contribution in [-0.4, -0.2) is 0 Å². The summed E-state index contributed by atoms with van der Waals surface area (Å²) >= 11 is 0. The van der Waals surface area contributed by atoms with Gasteiger partial charge in [-0.05, 0) is 81.0 Å². The van der Waals surface area contributed by atoms with Crippen LogP contribution in [0.3, 0.4) is 0 Å². The molecule has 0 spiro atoms. The summed E-state index contributed by atoms with van der Waals surface area (Å²) < 4.78 is 0. The molecule has 0 nitrogen and oxygen atoms in total. The normalized spacial score (nSPS) is 11.3. The Morgan fingerprint density at radius 1 is 0.714 bits per heavy atom. The third-order valence-electron chi connectivity index (χ3n) is 3.29. The first kappa shape index (κ1) is 11.0. The molecule has 0 amide bonds. The number of benzene rings is 1. The van der Waals surface area contributed by atoms with Crippen molar-refractivity contribution in [2.75, 3.05) is 0 Å². The standard InChI is InChI=1S/C14H19/c1-7-8-14-12(5)10(3)9(2)11(4)13(14)6/h7H,1-6H3. The summed E-state index contributed by atoms with van der Waals surface area (Å²) in [5.41, 5.74) is 8.22. The fraction of sp³-hybridized carbons (Fsp3) is 0.429. The average molecular weight is 187 g/mol. The molecule has 0 saturated heterocycles. The van der Waals surface area contributed by atoms with Crippen molar-refractivity contribution >= 4 is 0 Å². The van der Waals surface area contributed by atoms with Gasteiger partial charge in [0.25, 0.3) is 0 Å². The van der Waals surface area contributed by atoms with Crippen LogP contribution < -0.4 is 0 Å². The molecule has 0 aliphatic rings. The SMILES string of the molecule is C/C=[C]/c1c(C)c(C)c(C)c(C)c1C. The van der Waals surface area contributed by atoms with E-state index in [9.17, 15) is 0 Å². The maximum atomic E-state index is 3.33. The first-order chi connectivity index (χ1) is 6.50. The second kappa shape index (κ2) is 4.00. The van der Waals surface area contributed by atoms with Crippen molar-refractivity contribution in [1.82, 2.24) is 0 Å². The van der Waals surface area contributed by atoms with Crippen LogP contribution in [0.15, 0.2) is 6.08 Å². The lowest BCUT2D eigenvalue weighted by Crippen LogP contribution is -1.99. The quantitative estimate of drug-likeness (QED) is 0.624. The summed E-state index contributed by atoms with van der Waals surface area (Å²) in [4.78, 5) is 0. The topological polar surface area (TPSA) is 0 Å². The van der Waals surface area contributed by atoms with Gasteiger partial charge in [-0.15, -0.1) is 0 Å². The highest BCUT2D eigenvalue weighted by atomic mass is 14.1. The molecule has 14 heavy (non-hydrogen) atoms. The van der Waals surface area contributed by atoms with Crippen molar-refractivity contribution in [2.24, 2.45) is 0 Å². The molecule has 0 N–H and O–H groups in total. The van der Waals surface area contributed by atoms with Crippen molar-refractivity contribution in [2.45, 2.75) is 41.5 Å². The molecule has 0 bridgehead atoms. The van der Waals surface area contributed by atoms with E-state index in [4.69, 9.17) is 0 Å². The number of hydrogen-bond donors (Lipinski definition) is 0. The zero-order valence-electron chi connectivity index (χ0n) is 10.1. The largest absolute Gasteiger partial charge is 0.0791 e. The molecule has 1 aromatic rings. The second-order valence-electron chi connectivity index (χ2n) is 3.93. The van der Waals surface area contributed by atoms with Gasteiger partial charge in [0.05, 0.1) is 0 Å². The van der Waals surface area contributed by atoms with Crippen molar-refractivity contribution < 1.29 is 0 Å². The Bertz CT molecular complexity index is 353. The van der Waals surface area contributed by atoms with Gasteiger partial charge in [-0.3, -0.25) is 0 Å². The Hall–Kier alpha value is -1.04. The molecule has 1 radical (unpaired) electrons. The van der Waals surface area contributed by atoms with Gasteiger partial charge in [0.1, 0.15) is 0 Å². The maximum Gasteiger partial charge on any atom is -0.0117 e. The molecule has 1 aromatic carbocycles. The van der Waals surface area contributed by atoms with Gasteiger partial charge in [0, 0.05) is 0 Å². The molecule has 0 unspecified atom stereocenters. The lowest BCUT2D eigenvalue weighted by molar-refractivity contribution is 1.15. The Morgan fingerprint density at radius 3 is 1.43 bits per heavy atom. The predicted molar refractivity (Wildman–Crippen MR) is 62.7 cm³/mol. The molecule has 0 heteroatoms. The molecule has 0 fully saturated rings. The fourth-order valence-electron chi connectivity index (χ4n) is 1.86.